The summed E-state index contributed by atoms with van der Waals surface area (Å²) in [5, 5.41) is 21.1. The highest BCUT2D eigenvalue weighted by Crippen LogP contribution is 2.30. The Balaban J connectivity index is 1.72. The van der Waals surface area contributed by atoms with Crippen molar-refractivity contribution in [2.24, 2.45) is 0 Å². The fraction of sp³-hybridized carbons (Fsp3) is 0.200. The average molecular weight is 366 g/mol. The van der Waals surface area contributed by atoms with E-state index in [0.717, 1.165) is 4.90 Å². The normalized spacial score (nSPS) is 15.4. The number of nitrogens with zero attached hydrogens (tertiary/aromatic N) is 2. The monoisotopic (exact) mass is 366 g/mol. The molecule has 2 atom stereocenters. The number of rotatable bonds is 6. The van der Waals surface area contributed by atoms with E-state index in [0.29, 0.717) is 22.3 Å². The van der Waals surface area contributed by atoms with E-state index in [2.05, 4.69) is 6.58 Å². The van der Waals surface area contributed by atoms with Crippen LogP contribution in [0.25, 0.3) is 0 Å². The topological polar surface area (TPSA) is 101 Å². The molecule has 0 saturated heterocycles. The summed E-state index contributed by atoms with van der Waals surface area (Å²) in [5.41, 5.74) is 1.66. The molecular formula is C20H18N2O5. The third-order valence-electron chi connectivity index (χ3n) is 4.75. The highest BCUT2D eigenvalue weighted by Gasteiger charge is 2.39. The molecule has 138 valence electrons. The van der Waals surface area contributed by atoms with Crippen LogP contribution in [0.5, 0.6) is 0 Å². The van der Waals surface area contributed by atoms with E-state index in [1.807, 2.05) is 0 Å². The molecule has 0 unspecified atom stereocenters. The number of hydrogen-bond acceptors (Lipinski definition) is 5. The molecule has 2 amide bonds. The molecule has 7 nitrogen and oxygen atoms in total. The molecule has 0 fully saturated rings. The predicted octanol–water partition coefficient (Wildman–Crippen LogP) is 3.26. The van der Waals surface area contributed by atoms with E-state index in [9.17, 15) is 24.8 Å². The molecule has 2 aromatic rings. The van der Waals surface area contributed by atoms with Gasteiger partial charge in [-0.1, -0.05) is 24.3 Å². The van der Waals surface area contributed by atoms with Gasteiger partial charge in [0.1, 0.15) is 0 Å². The quantitative estimate of drug-likeness (QED) is 0.366. The molecular weight excluding hydrogens is 348 g/mol. The first kappa shape index (κ1) is 18.5. The Morgan fingerprint density at radius 1 is 1.11 bits per heavy atom. The maximum atomic E-state index is 12.5. The highest BCUT2D eigenvalue weighted by molar-refractivity contribution is 6.21. The van der Waals surface area contributed by atoms with Crippen molar-refractivity contribution in [1.29, 1.82) is 0 Å². The Hall–Kier alpha value is -3.32. The van der Waals surface area contributed by atoms with E-state index in [1.165, 1.54) is 24.3 Å². The Morgan fingerprint density at radius 3 is 2.11 bits per heavy atom. The van der Waals surface area contributed by atoms with Crippen LogP contribution in [0.1, 0.15) is 45.7 Å². The molecule has 1 aliphatic heterocycles. The molecule has 2 aromatic carbocycles. The minimum Gasteiger partial charge on any atom is -0.388 e. The number of non-ortho nitro benzene ring substituents is 1. The Bertz CT molecular complexity index is 901. The number of nitro benzene ring substituents is 1. The average Bonchev–Trinajstić information content (AvgIpc) is 2.92. The molecule has 3 rings (SSSR count). The maximum Gasteiger partial charge on any atom is 0.269 e. The molecule has 0 aliphatic carbocycles. The van der Waals surface area contributed by atoms with Crippen molar-refractivity contribution >= 4 is 17.5 Å². The van der Waals surface area contributed by atoms with Gasteiger partial charge in [-0.2, -0.15) is 0 Å². The van der Waals surface area contributed by atoms with Crippen LogP contribution in [-0.2, 0) is 0 Å². The largest absolute Gasteiger partial charge is 0.388 e. The number of benzene rings is 2. The number of imide groups is 1. The van der Waals surface area contributed by atoms with Gasteiger partial charge in [-0.25, -0.2) is 0 Å². The highest BCUT2D eigenvalue weighted by atomic mass is 16.6. The van der Waals surface area contributed by atoms with Gasteiger partial charge in [-0.15, -0.1) is 0 Å². The smallest absolute Gasteiger partial charge is 0.269 e. The summed E-state index contributed by atoms with van der Waals surface area (Å²) in [6.45, 7) is 5.61. The van der Waals surface area contributed by atoms with Crippen LogP contribution in [0.2, 0.25) is 0 Å². The number of aliphatic hydroxyl groups excluding tert-OH is 1. The summed E-state index contributed by atoms with van der Waals surface area (Å²) >= 11 is 0. The SMILES string of the molecule is C=C(C[C@H](O)c1ccc([N+](=O)[O-])cc1)[C@@H](C)N1C(=O)c2ccccc2C1=O. The number of hydrogen-bond donors (Lipinski definition) is 1. The predicted molar refractivity (Wildman–Crippen MR) is 98.2 cm³/mol. The summed E-state index contributed by atoms with van der Waals surface area (Å²) in [4.78, 5) is 36.4. The molecule has 27 heavy (non-hydrogen) atoms. The minimum absolute atomic E-state index is 0.0656. The molecule has 0 aromatic heterocycles. The zero-order valence-corrected chi connectivity index (χ0v) is 14.7. The lowest BCUT2D eigenvalue weighted by atomic mass is 9.97. The second-order valence-electron chi connectivity index (χ2n) is 6.43. The summed E-state index contributed by atoms with van der Waals surface area (Å²) in [6, 6.07) is 11.6. The van der Waals surface area contributed by atoms with Crippen molar-refractivity contribution in [1.82, 2.24) is 4.90 Å². The van der Waals surface area contributed by atoms with Gasteiger partial charge >= 0.3 is 0 Å². The number of nitro groups is 1. The number of amides is 2. The molecule has 0 bridgehead atoms. The van der Waals surface area contributed by atoms with Gasteiger partial charge in [0, 0.05) is 18.6 Å². The van der Waals surface area contributed by atoms with Gasteiger partial charge in [-0.3, -0.25) is 24.6 Å². The van der Waals surface area contributed by atoms with Crippen LogP contribution in [0.15, 0.2) is 60.7 Å². The molecule has 1 N–H and O–H groups in total. The van der Waals surface area contributed by atoms with Crippen molar-refractivity contribution in [2.75, 3.05) is 0 Å². The van der Waals surface area contributed by atoms with Gasteiger partial charge in [0.2, 0.25) is 0 Å². The first-order chi connectivity index (χ1) is 12.8. The fourth-order valence-corrected chi connectivity index (χ4v) is 3.10. The Kier molecular flexibility index (Phi) is 4.87. The zero-order valence-electron chi connectivity index (χ0n) is 14.7. The van der Waals surface area contributed by atoms with Crippen molar-refractivity contribution in [3.8, 4) is 0 Å². The number of fused-ring (bicyclic) bond motifs is 1. The van der Waals surface area contributed by atoms with Gasteiger partial charge in [0.05, 0.1) is 28.2 Å². The molecule has 7 heteroatoms. The first-order valence-corrected chi connectivity index (χ1v) is 8.38. The van der Waals surface area contributed by atoms with Crippen molar-refractivity contribution in [2.45, 2.75) is 25.5 Å². The molecule has 0 saturated carbocycles. The maximum absolute atomic E-state index is 12.5. The Labute approximate surface area is 155 Å². The minimum atomic E-state index is -0.948. The summed E-state index contributed by atoms with van der Waals surface area (Å²) in [7, 11) is 0. The van der Waals surface area contributed by atoms with Crippen LogP contribution in [0, 0.1) is 10.1 Å². The molecule has 1 heterocycles. The third kappa shape index (κ3) is 3.37. The van der Waals surface area contributed by atoms with E-state index in [-0.39, 0.29) is 23.9 Å². The van der Waals surface area contributed by atoms with E-state index in [1.54, 1.807) is 31.2 Å². The van der Waals surface area contributed by atoms with Gasteiger partial charge < -0.3 is 5.11 Å². The summed E-state index contributed by atoms with van der Waals surface area (Å²) in [6.07, 6.45) is -0.831. The van der Waals surface area contributed by atoms with E-state index in [4.69, 9.17) is 0 Å². The number of carbonyl (C=O) groups is 2. The van der Waals surface area contributed by atoms with E-state index < -0.39 is 17.1 Å². The van der Waals surface area contributed by atoms with Crippen molar-refractivity contribution in [3.63, 3.8) is 0 Å². The third-order valence-corrected chi connectivity index (χ3v) is 4.75. The second kappa shape index (κ2) is 7.13. The lowest BCUT2D eigenvalue weighted by Crippen LogP contribution is -2.39. The second-order valence-corrected chi connectivity index (χ2v) is 6.43. The van der Waals surface area contributed by atoms with Crippen LogP contribution in [0.4, 0.5) is 5.69 Å². The first-order valence-electron chi connectivity index (χ1n) is 8.38. The Morgan fingerprint density at radius 2 is 1.63 bits per heavy atom. The van der Waals surface area contributed by atoms with Gasteiger partial charge in [-0.05, 0) is 36.8 Å². The van der Waals surface area contributed by atoms with Gasteiger partial charge in [0.25, 0.3) is 17.5 Å². The van der Waals surface area contributed by atoms with Crippen LogP contribution in [-0.4, -0.2) is 32.8 Å². The molecule has 1 aliphatic rings. The number of aliphatic hydroxyl groups is 1. The molecule has 0 radical (unpaired) electrons. The van der Waals surface area contributed by atoms with Crippen molar-refractivity contribution in [3.05, 3.63) is 87.5 Å². The summed E-state index contributed by atoms with van der Waals surface area (Å²) in [5.74, 6) is -0.761. The fourth-order valence-electron chi connectivity index (χ4n) is 3.10. The summed E-state index contributed by atoms with van der Waals surface area (Å²) < 4.78 is 0. The zero-order chi connectivity index (χ0) is 19.7. The van der Waals surface area contributed by atoms with Crippen molar-refractivity contribution < 1.29 is 19.6 Å². The molecule has 0 spiro atoms. The van der Waals surface area contributed by atoms with Crippen LogP contribution < -0.4 is 0 Å². The van der Waals surface area contributed by atoms with E-state index >= 15 is 0 Å². The standard InChI is InChI=1S/C20H18N2O5/c1-12(11-18(23)14-7-9-15(10-8-14)22(26)27)13(2)21-19(24)16-5-3-4-6-17(16)20(21)25/h3-10,13,18,23H,1,11H2,2H3/t13-,18+/m1/s1. The number of carbonyl (C=O) groups excluding carboxylic acids is 2. The lowest BCUT2D eigenvalue weighted by molar-refractivity contribution is -0.384. The van der Waals surface area contributed by atoms with Crippen LogP contribution in [0.3, 0.4) is 0 Å². The van der Waals surface area contributed by atoms with Crippen LogP contribution >= 0.6 is 0 Å². The lowest BCUT2D eigenvalue weighted by Gasteiger charge is -2.26. The van der Waals surface area contributed by atoms with Gasteiger partial charge in [0.15, 0.2) is 0 Å².